The molecule has 1 amide bonds. The highest BCUT2D eigenvalue weighted by molar-refractivity contribution is 5.97. The molecule has 0 atom stereocenters. The predicted octanol–water partition coefficient (Wildman–Crippen LogP) is 2.81. The van der Waals surface area contributed by atoms with E-state index in [9.17, 15) is 4.79 Å². The molecule has 23 heavy (non-hydrogen) atoms. The van der Waals surface area contributed by atoms with Gasteiger partial charge in [0.05, 0.1) is 5.56 Å². The Balaban J connectivity index is 1.64. The number of benzene rings is 2. The molecular weight excluding hydrogens is 290 g/mol. The quantitative estimate of drug-likeness (QED) is 0.924. The van der Waals surface area contributed by atoms with Gasteiger partial charge in [-0.05, 0) is 43.0 Å². The molecule has 0 saturated heterocycles. The second-order valence-electron chi connectivity index (χ2n) is 5.35. The topological polar surface area (TPSA) is 47.6 Å². The molecule has 0 unspecified atom stereocenters. The van der Waals surface area contributed by atoms with Crippen molar-refractivity contribution >= 4 is 5.91 Å². The van der Waals surface area contributed by atoms with Crippen LogP contribution in [0.15, 0.2) is 42.5 Å². The molecule has 0 spiro atoms. The number of ether oxygens (including phenoxy) is 2. The van der Waals surface area contributed by atoms with Crippen molar-refractivity contribution in [1.82, 2.24) is 5.32 Å². The second kappa shape index (κ2) is 7.18. The summed E-state index contributed by atoms with van der Waals surface area (Å²) in [5.41, 5.74) is 2.96. The number of rotatable bonds is 5. The fourth-order valence-corrected chi connectivity index (χ4v) is 2.70. The second-order valence-corrected chi connectivity index (χ2v) is 5.35. The summed E-state index contributed by atoms with van der Waals surface area (Å²) in [4.78, 5) is 12.4. The molecule has 2 aromatic rings. The number of carbonyl (C=O) groups excluding carboxylic acids is 1. The minimum atomic E-state index is -0.139. The van der Waals surface area contributed by atoms with Gasteiger partial charge in [0, 0.05) is 6.54 Å². The molecule has 1 N–H and O–H groups in total. The maximum Gasteiger partial charge on any atom is 0.255 e. The van der Waals surface area contributed by atoms with Gasteiger partial charge in [-0.2, -0.15) is 0 Å². The van der Waals surface area contributed by atoms with Crippen LogP contribution in [0.2, 0.25) is 0 Å². The summed E-state index contributed by atoms with van der Waals surface area (Å²) in [6.45, 7) is 5.49. The fraction of sp³-hybridized carbons (Fsp3) is 0.263. The predicted molar refractivity (Wildman–Crippen MR) is 89.0 cm³/mol. The highest BCUT2D eigenvalue weighted by atomic mass is 16.6. The Morgan fingerprint density at radius 1 is 1.04 bits per heavy atom. The van der Waals surface area contributed by atoms with E-state index in [2.05, 4.69) is 24.4 Å². The van der Waals surface area contributed by atoms with Crippen molar-refractivity contribution in [3.63, 3.8) is 0 Å². The lowest BCUT2D eigenvalue weighted by atomic mass is 10.0. The van der Waals surface area contributed by atoms with Crippen molar-refractivity contribution in [2.75, 3.05) is 19.8 Å². The summed E-state index contributed by atoms with van der Waals surface area (Å²) in [5.74, 6) is 1.03. The minimum Gasteiger partial charge on any atom is -0.486 e. The van der Waals surface area contributed by atoms with Crippen molar-refractivity contribution in [3.8, 4) is 11.5 Å². The first kappa shape index (κ1) is 15.4. The van der Waals surface area contributed by atoms with Gasteiger partial charge < -0.3 is 14.8 Å². The lowest BCUT2D eigenvalue weighted by molar-refractivity contribution is 0.0943. The summed E-state index contributed by atoms with van der Waals surface area (Å²) in [7, 11) is 0. The van der Waals surface area contributed by atoms with Crippen LogP contribution in [0.4, 0.5) is 0 Å². The maximum absolute atomic E-state index is 12.4. The van der Waals surface area contributed by atoms with Gasteiger partial charge in [0.2, 0.25) is 0 Å². The first-order chi connectivity index (χ1) is 11.3. The van der Waals surface area contributed by atoms with E-state index in [4.69, 9.17) is 9.47 Å². The van der Waals surface area contributed by atoms with E-state index in [0.29, 0.717) is 36.8 Å². The SMILES string of the molecule is [CH2]Cc1ccccc1CCNC(=O)c1cccc2c1OCCO2. The van der Waals surface area contributed by atoms with E-state index in [-0.39, 0.29) is 5.91 Å². The lowest BCUT2D eigenvalue weighted by Gasteiger charge is -2.20. The van der Waals surface area contributed by atoms with Crippen LogP contribution in [-0.2, 0) is 12.8 Å². The highest BCUT2D eigenvalue weighted by Gasteiger charge is 2.19. The van der Waals surface area contributed by atoms with Crippen LogP contribution in [0.5, 0.6) is 11.5 Å². The van der Waals surface area contributed by atoms with Crippen LogP contribution in [0.3, 0.4) is 0 Å². The molecule has 0 fully saturated rings. The molecule has 4 heteroatoms. The van der Waals surface area contributed by atoms with Gasteiger partial charge in [-0.25, -0.2) is 0 Å². The van der Waals surface area contributed by atoms with Crippen LogP contribution in [0.1, 0.15) is 21.5 Å². The van der Waals surface area contributed by atoms with E-state index in [0.717, 1.165) is 12.8 Å². The molecule has 1 aliphatic rings. The maximum atomic E-state index is 12.4. The zero-order chi connectivity index (χ0) is 16.1. The number of carbonyl (C=O) groups is 1. The van der Waals surface area contributed by atoms with E-state index in [1.807, 2.05) is 18.2 Å². The molecule has 0 aromatic heterocycles. The molecule has 1 heterocycles. The van der Waals surface area contributed by atoms with Gasteiger partial charge in [0.25, 0.3) is 5.91 Å². The first-order valence-electron chi connectivity index (χ1n) is 7.82. The molecule has 0 bridgehead atoms. The van der Waals surface area contributed by atoms with Crippen molar-refractivity contribution in [3.05, 3.63) is 66.1 Å². The van der Waals surface area contributed by atoms with Crippen LogP contribution in [-0.4, -0.2) is 25.7 Å². The smallest absolute Gasteiger partial charge is 0.255 e. The monoisotopic (exact) mass is 310 g/mol. The third kappa shape index (κ3) is 3.47. The average Bonchev–Trinajstić information content (AvgIpc) is 2.61. The highest BCUT2D eigenvalue weighted by Crippen LogP contribution is 2.33. The number of fused-ring (bicyclic) bond motifs is 1. The first-order valence-corrected chi connectivity index (χ1v) is 7.82. The van der Waals surface area contributed by atoms with Crippen LogP contribution >= 0.6 is 0 Å². The average molecular weight is 310 g/mol. The fourth-order valence-electron chi connectivity index (χ4n) is 2.70. The van der Waals surface area contributed by atoms with E-state index in [1.165, 1.54) is 11.1 Å². The van der Waals surface area contributed by atoms with E-state index >= 15 is 0 Å². The molecule has 0 aliphatic carbocycles. The Morgan fingerprint density at radius 2 is 1.83 bits per heavy atom. The lowest BCUT2D eigenvalue weighted by Crippen LogP contribution is -2.27. The zero-order valence-corrected chi connectivity index (χ0v) is 13.0. The van der Waals surface area contributed by atoms with Crippen LogP contribution in [0, 0.1) is 6.92 Å². The number of hydrogen-bond donors (Lipinski definition) is 1. The van der Waals surface area contributed by atoms with Crippen molar-refractivity contribution < 1.29 is 14.3 Å². The molecule has 119 valence electrons. The van der Waals surface area contributed by atoms with Crippen molar-refractivity contribution in [1.29, 1.82) is 0 Å². The van der Waals surface area contributed by atoms with Crippen LogP contribution in [0.25, 0.3) is 0 Å². The third-order valence-electron chi connectivity index (χ3n) is 3.88. The number of amides is 1. The Hall–Kier alpha value is -2.49. The van der Waals surface area contributed by atoms with Crippen LogP contribution < -0.4 is 14.8 Å². The molecule has 1 radical (unpaired) electrons. The number of para-hydroxylation sites is 1. The summed E-state index contributed by atoms with van der Waals surface area (Å²) >= 11 is 0. The molecule has 0 saturated carbocycles. The Bertz CT molecular complexity index is 697. The summed E-state index contributed by atoms with van der Waals surface area (Å²) < 4.78 is 11.1. The van der Waals surface area contributed by atoms with Crippen molar-refractivity contribution in [2.24, 2.45) is 0 Å². The summed E-state index contributed by atoms with van der Waals surface area (Å²) in [5, 5.41) is 2.95. The Morgan fingerprint density at radius 3 is 2.65 bits per heavy atom. The summed E-state index contributed by atoms with van der Waals surface area (Å²) in [6.07, 6.45) is 1.53. The minimum absolute atomic E-state index is 0.139. The molecule has 1 aliphatic heterocycles. The molecule has 4 nitrogen and oxygen atoms in total. The molecule has 3 rings (SSSR count). The van der Waals surface area contributed by atoms with E-state index in [1.54, 1.807) is 12.1 Å². The van der Waals surface area contributed by atoms with Gasteiger partial charge in [-0.15, -0.1) is 0 Å². The summed E-state index contributed by atoms with van der Waals surface area (Å²) in [6, 6.07) is 13.5. The normalized spacial score (nSPS) is 12.7. The molecular formula is C19H20NO3. The van der Waals surface area contributed by atoms with E-state index < -0.39 is 0 Å². The standard InChI is InChI=1S/C19H20NO3/c1-2-14-6-3-4-7-15(14)10-11-20-19(21)16-8-5-9-17-18(16)23-13-12-22-17/h3-9H,1-2,10-13H2,(H,20,21). The van der Waals surface area contributed by atoms with Gasteiger partial charge in [-0.1, -0.05) is 30.3 Å². The Labute approximate surface area is 136 Å². The van der Waals surface area contributed by atoms with Gasteiger partial charge in [0.1, 0.15) is 13.2 Å². The zero-order valence-electron chi connectivity index (χ0n) is 13.0. The number of hydrogen-bond acceptors (Lipinski definition) is 3. The third-order valence-corrected chi connectivity index (χ3v) is 3.88. The molecule has 2 aromatic carbocycles. The number of nitrogens with one attached hydrogen (secondary N) is 1. The Kier molecular flexibility index (Phi) is 4.81. The van der Waals surface area contributed by atoms with Gasteiger partial charge >= 0.3 is 0 Å². The van der Waals surface area contributed by atoms with Crippen molar-refractivity contribution in [2.45, 2.75) is 12.8 Å². The van der Waals surface area contributed by atoms with Gasteiger partial charge in [-0.3, -0.25) is 4.79 Å². The van der Waals surface area contributed by atoms with Gasteiger partial charge in [0.15, 0.2) is 11.5 Å². The largest absolute Gasteiger partial charge is 0.486 e.